The number of nitrogens with one attached hydrogen (secondary N) is 1. The first kappa shape index (κ1) is 10.0. The van der Waals surface area contributed by atoms with Gasteiger partial charge in [-0.25, -0.2) is 0 Å². The number of nitrogens with zero attached hydrogens (tertiary/aromatic N) is 1. The van der Waals surface area contributed by atoms with Crippen molar-refractivity contribution >= 4 is 11.4 Å². The predicted octanol–water partition coefficient (Wildman–Crippen LogP) is 3.17. The minimum atomic E-state index is 0.768. The Balaban J connectivity index is 2.02. The molecule has 0 spiro atoms. The zero-order valence-electron chi connectivity index (χ0n) is 10.00. The summed E-state index contributed by atoms with van der Waals surface area (Å²) in [6.07, 6.45) is 5.41. The number of hydrogen-bond acceptors (Lipinski definition) is 2. The van der Waals surface area contributed by atoms with Crippen molar-refractivity contribution in [1.29, 1.82) is 0 Å². The molecule has 0 radical (unpaired) electrons. The topological polar surface area (TPSA) is 15.3 Å². The fourth-order valence-corrected chi connectivity index (χ4v) is 3.02. The summed E-state index contributed by atoms with van der Waals surface area (Å²) < 4.78 is 0. The molecule has 86 valence electrons. The van der Waals surface area contributed by atoms with Crippen molar-refractivity contribution in [2.45, 2.75) is 38.6 Å². The summed E-state index contributed by atoms with van der Waals surface area (Å²) in [4.78, 5) is 2.63. The highest BCUT2D eigenvalue weighted by Gasteiger charge is 2.26. The van der Waals surface area contributed by atoms with Crippen LogP contribution in [0.15, 0.2) is 18.2 Å². The van der Waals surface area contributed by atoms with Gasteiger partial charge in [-0.05, 0) is 50.3 Å². The number of aryl methyl sites for hydroxylation is 1. The number of rotatable bonds is 0. The summed E-state index contributed by atoms with van der Waals surface area (Å²) in [5.41, 5.74) is 4.13. The van der Waals surface area contributed by atoms with Gasteiger partial charge in [0.05, 0.1) is 11.4 Å². The summed E-state index contributed by atoms with van der Waals surface area (Å²) in [6.45, 7) is 4.55. The molecule has 2 heteroatoms. The van der Waals surface area contributed by atoms with E-state index in [9.17, 15) is 0 Å². The molecule has 1 N–H and O–H groups in total. The van der Waals surface area contributed by atoms with Gasteiger partial charge < -0.3 is 10.2 Å². The zero-order chi connectivity index (χ0) is 11.0. The van der Waals surface area contributed by atoms with E-state index in [0.29, 0.717) is 0 Å². The maximum atomic E-state index is 3.57. The quantitative estimate of drug-likeness (QED) is 0.716. The molecule has 0 saturated carbocycles. The van der Waals surface area contributed by atoms with Gasteiger partial charge in [-0.2, -0.15) is 0 Å². The molecule has 2 heterocycles. The SMILES string of the molecule is Cc1ccc2c(c1)N1CCCCC1CCN2. The van der Waals surface area contributed by atoms with Gasteiger partial charge in [0.1, 0.15) is 0 Å². The summed E-state index contributed by atoms with van der Waals surface area (Å²) in [5, 5.41) is 3.57. The molecular formula is C14H20N2. The first-order valence-electron chi connectivity index (χ1n) is 6.46. The minimum absolute atomic E-state index is 0.768. The third kappa shape index (κ3) is 1.66. The van der Waals surface area contributed by atoms with E-state index in [1.807, 2.05) is 0 Å². The Bertz CT molecular complexity index is 386. The number of anilines is 2. The summed E-state index contributed by atoms with van der Waals surface area (Å²) in [5.74, 6) is 0. The Kier molecular flexibility index (Phi) is 2.50. The van der Waals surface area contributed by atoms with E-state index in [4.69, 9.17) is 0 Å². The zero-order valence-corrected chi connectivity index (χ0v) is 10.00. The molecule has 2 nitrogen and oxygen atoms in total. The van der Waals surface area contributed by atoms with Crippen LogP contribution in [-0.4, -0.2) is 19.1 Å². The van der Waals surface area contributed by atoms with Crippen molar-refractivity contribution in [3.05, 3.63) is 23.8 Å². The van der Waals surface area contributed by atoms with Crippen LogP contribution in [0, 0.1) is 6.92 Å². The van der Waals surface area contributed by atoms with E-state index < -0.39 is 0 Å². The molecule has 1 atom stereocenters. The third-order valence-electron chi connectivity index (χ3n) is 3.88. The molecular weight excluding hydrogens is 196 g/mol. The largest absolute Gasteiger partial charge is 0.383 e. The van der Waals surface area contributed by atoms with Gasteiger partial charge in [-0.3, -0.25) is 0 Å². The van der Waals surface area contributed by atoms with Gasteiger partial charge >= 0.3 is 0 Å². The van der Waals surface area contributed by atoms with Crippen molar-refractivity contribution in [2.75, 3.05) is 23.3 Å². The van der Waals surface area contributed by atoms with Gasteiger partial charge in [0.2, 0.25) is 0 Å². The second-order valence-corrected chi connectivity index (χ2v) is 5.08. The van der Waals surface area contributed by atoms with Crippen LogP contribution < -0.4 is 10.2 Å². The van der Waals surface area contributed by atoms with Crippen LogP contribution in [0.25, 0.3) is 0 Å². The maximum absolute atomic E-state index is 3.57. The second kappa shape index (κ2) is 4.00. The van der Waals surface area contributed by atoms with E-state index in [1.165, 1.54) is 49.2 Å². The van der Waals surface area contributed by atoms with E-state index in [-0.39, 0.29) is 0 Å². The Labute approximate surface area is 97.6 Å². The highest BCUT2D eigenvalue weighted by atomic mass is 15.2. The summed E-state index contributed by atoms with van der Waals surface area (Å²) in [6, 6.07) is 7.55. The smallest absolute Gasteiger partial charge is 0.0607 e. The summed E-state index contributed by atoms with van der Waals surface area (Å²) in [7, 11) is 0. The molecule has 1 aromatic carbocycles. The first-order chi connectivity index (χ1) is 7.84. The predicted molar refractivity (Wildman–Crippen MR) is 69.3 cm³/mol. The Morgan fingerprint density at radius 2 is 2.19 bits per heavy atom. The second-order valence-electron chi connectivity index (χ2n) is 5.08. The van der Waals surface area contributed by atoms with Gasteiger partial charge in [0.25, 0.3) is 0 Å². The van der Waals surface area contributed by atoms with Gasteiger partial charge in [-0.15, -0.1) is 0 Å². The van der Waals surface area contributed by atoms with Crippen LogP contribution in [0.2, 0.25) is 0 Å². The van der Waals surface area contributed by atoms with Gasteiger partial charge in [0, 0.05) is 19.1 Å². The number of piperidine rings is 1. The fraction of sp³-hybridized carbons (Fsp3) is 0.571. The lowest BCUT2D eigenvalue weighted by atomic mass is 9.99. The molecule has 0 amide bonds. The van der Waals surface area contributed by atoms with Crippen LogP contribution in [0.4, 0.5) is 11.4 Å². The lowest BCUT2D eigenvalue weighted by Crippen LogP contribution is -2.39. The van der Waals surface area contributed by atoms with Crippen LogP contribution >= 0.6 is 0 Å². The molecule has 1 saturated heterocycles. The van der Waals surface area contributed by atoms with Crippen molar-refractivity contribution in [3.63, 3.8) is 0 Å². The number of fused-ring (bicyclic) bond motifs is 3. The van der Waals surface area contributed by atoms with Crippen molar-refractivity contribution in [3.8, 4) is 0 Å². The first-order valence-corrected chi connectivity index (χ1v) is 6.46. The Hall–Kier alpha value is -1.18. The number of benzene rings is 1. The van der Waals surface area contributed by atoms with Crippen LogP contribution in [0.1, 0.15) is 31.2 Å². The minimum Gasteiger partial charge on any atom is -0.383 e. The molecule has 3 rings (SSSR count). The van der Waals surface area contributed by atoms with Crippen LogP contribution in [-0.2, 0) is 0 Å². The molecule has 0 aromatic heterocycles. The molecule has 1 aromatic rings. The molecule has 2 aliphatic heterocycles. The van der Waals surface area contributed by atoms with Crippen molar-refractivity contribution in [2.24, 2.45) is 0 Å². The maximum Gasteiger partial charge on any atom is 0.0607 e. The van der Waals surface area contributed by atoms with E-state index in [2.05, 4.69) is 35.3 Å². The fourth-order valence-electron chi connectivity index (χ4n) is 3.02. The van der Waals surface area contributed by atoms with E-state index >= 15 is 0 Å². The average molecular weight is 216 g/mol. The molecule has 1 unspecified atom stereocenters. The lowest BCUT2D eigenvalue weighted by Gasteiger charge is -2.36. The Morgan fingerprint density at radius 3 is 3.12 bits per heavy atom. The van der Waals surface area contributed by atoms with Gasteiger partial charge in [0.15, 0.2) is 0 Å². The van der Waals surface area contributed by atoms with E-state index in [1.54, 1.807) is 0 Å². The third-order valence-corrected chi connectivity index (χ3v) is 3.88. The van der Waals surface area contributed by atoms with Gasteiger partial charge in [-0.1, -0.05) is 6.07 Å². The van der Waals surface area contributed by atoms with Crippen molar-refractivity contribution < 1.29 is 0 Å². The van der Waals surface area contributed by atoms with E-state index in [0.717, 1.165) is 12.6 Å². The van der Waals surface area contributed by atoms with Crippen LogP contribution in [0.5, 0.6) is 0 Å². The van der Waals surface area contributed by atoms with Crippen molar-refractivity contribution in [1.82, 2.24) is 0 Å². The normalized spacial score (nSPS) is 24.1. The molecule has 0 aliphatic carbocycles. The summed E-state index contributed by atoms with van der Waals surface area (Å²) >= 11 is 0. The highest BCUT2D eigenvalue weighted by Crippen LogP contribution is 2.35. The standard InChI is InChI=1S/C14H20N2/c1-11-5-6-13-14(10-11)16-9-3-2-4-12(16)7-8-15-13/h5-6,10,12,15H,2-4,7-9H2,1H3. The van der Waals surface area contributed by atoms with Crippen LogP contribution in [0.3, 0.4) is 0 Å². The lowest BCUT2D eigenvalue weighted by molar-refractivity contribution is 0.450. The monoisotopic (exact) mass is 216 g/mol. The molecule has 0 bridgehead atoms. The number of hydrogen-bond donors (Lipinski definition) is 1. The molecule has 1 fully saturated rings. The Morgan fingerprint density at radius 1 is 1.25 bits per heavy atom. The highest BCUT2D eigenvalue weighted by molar-refractivity contribution is 5.72. The molecule has 16 heavy (non-hydrogen) atoms. The molecule has 2 aliphatic rings. The average Bonchev–Trinajstić information content (AvgIpc) is 2.48.